The first-order chi connectivity index (χ1) is 13.8. The van der Waals surface area contributed by atoms with Crippen LogP contribution in [0.15, 0.2) is 53.4 Å². The van der Waals surface area contributed by atoms with Crippen LogP contribution < -0.4 is 10.2 Å². The third-order valence-corrected chi connectivity index (χ3v) is 7.16. The van der Waals surface area contributed by atoms with E-state index in [1.165, 1.54) is 18.4 Å². The van der Waals surface area contributed by atoms with E-state index in [0.29, 0.717) is 36.8 Å². The number of piperazine rings is 1. The summed E-state index contributed by atoms with van der Waals surface area (Å²) >= 11 is 6.26. The number of anilines is 1. The van der Waals surface area contributed by atoms with E-state index < -0.39 is 10.0 Å². The number of carbonyl (C=O) groups excluding carboxylic acids is 1. The molecular weight excluding hydrogens is 412 g/mol. The second-order valence-electron chi connectivity index (χ2n) is 6.98. The monoisotopic (exact) mass is 436 g/mol. The number of hydrogen-bond donors (Lipinski definition) is 1. The lowest BCUT2D eigenvalue weighted by atomic mass is 10.2. The molecule has 0 bridgehead atoms. The fourth-order valence-electron chi connectivity index (χ4n) is 3.24. The summed E-state index contributed by atoms with van der Waals surface area (Å²) in [7, 11) is -0.595. The van der Waals surface area contributed by atoms with Gasteiger partial charge in [0.25, 0.3) is 0 Å². The average molecular weight is 437 g/mol. The summed E-state index contributed by atoms with van der Waals surface area (Å²) in [6.45, 7) is 2.64. The molecule has 0 spiro atoms. The van der Waals surface area contributed by atoms with Crippen LogP contribution in [-0.2, 0) is 16.6 Å². The fourth-order valence-corrected chi connectivity index (χ4v) is 4.61. The van der Waals surface area contributed by atoms with E-state index >= 15 is 0 Å². The van der Waals surface area contributed by atoms with Crippen molar-refractivity contribution in [2.75, 3.05) is 45.2 Å². The van der Waals surface area contributed by atoms with Crippen LogP contribution in [0.25, 0.3) is 0 Å². The number of benzene rings is 2. The minimum Gasteiger partial charge on any atom is -0.367 e. The number of para-hydroxylation sites is 1. The van der Waals surface area contributed by atoms with Crippen LogP contribution in [-0.4, -0.2) is 63.9 Å². The second-order valence-corrected chi connectivity index (χ2v) is 9.51. The van der Waals surface area contributed by atoms with Crippen molar-refractivity contribution in [3.63, 3.8) is 0 Å². The van der Waals surface area contributed by atoms with Crippen LogP contribution >= 0.6 is 11.6 Å². The molecule has 2 aromatic rings. The number of carbonyl (C=O) groups is 1. The summed E-state index contributed by atoms with van der Waals surface area (Å²) < 4.78 is 26.1. The molecule has 0 aromatic heterocycles. The topological polar surface area (TPSA) is 73.0 Å². The number of nitrogens with zero attached hydrogens (tertiary/aromatic N) is 3. The Morgan fingerprint density at radius 2 is 1.66 bits per heavy atom. The number of halogens is 1. The molecule has 156 valence electrons. The molecule has 1 saturated heterocycles. The SMILES string of the molecule is CN(C)S(=O)(=O)c1ccccc1CNC(=O)N1CCN(c2ccccc2Cl)CC1. The average Bonchev–Trinajstić information content (AvgIpc) is 2.72. The van der Waals surface area contributed by atoms with E-state index in [-0.39, 0.29) is 17.5 Å². The predicted octanol–water partition coefficient (Wildman–Crippen LogP) is 2.62. The lowest BCUT2D eigenvalue weighted by molar-refractivity contribution is 0.194. The molecule has 0 aliphatic carbocycles. The number of hydrogen-bond acceptors (Lipinski definition) is 4. The summed E-state index contributed by atoms with van der Waals surface area (Å²) in [5.41, 5.74) is 1.53. The first kappa shape index (κ1) is 21.4. The molecule has 1 fully saturated rings. The van der Waals surface area contributed by atoms with Crippen molar-refractivity contribution in [2.24, 2.45) is 0 Å². The van der Waals surface area contributed by atoms with Crippen molar-refractivity contribution in [2.45, 2.75) is 11.4 Å². The molecule has 0 atom stereocenters. The molecule has 9 heteroatoms. The molecule has 1 heterocycles. The highest BCUT2D eigenvalue weighted by Crippen LogP contribution is 2.26. The van der Waals surface area contributed by atoms with Gasteiger partial charge in [-0.3, -0.25) is 0 Å². The summed E-state index contributed by atoms with van der Waals surface area (Å²) in [5, 5.41) is 3.54. The number of urea groups is 1. The molecule has 0 saturated carbocycles. The van der Waals surface area contributed by atoms with Gasteiger partial charge in [-0.25, -0.2) is 17.5 Å². The van der Waals surface area contributed by atoms with Gasteiger partial charge in [-0.15, -0.1) is 0 Å². The maximum atomic E-state index is 12.6. The van der Waals surface area contributed by atoms with Gasteiger partial charge < -0.3 is 15.1 Å². The maximum absolute atomic E-state index is 12.6. The number of sulfonamides is 1. The third-order valence-electron chi connectivity index (χ3n) is 4.92. The van der Waals surface area contributed by atoms with E-state index in [9.17, 15) is 13.2 Å². The summed E-state index contributed by atoms with van der Waals surface area (Å²) in [5.74, 6) is 0. The van der Waals surface area contributed by atoms with Gasteiger partial charge >= 0.3 is 6.03 Å². The lowest BCUT2D eigenvalue weighted by Crippen LogP contribution is -2.51. The second kappa shape index (κ2) is 9.02. The van der Waals surface area contributed by atoms with Crippen molar-refractivity contribution in [1.29, 1.82) is 0 Å². The Hall–Kier alpha value is -2.29. The van der Waals surface area contributed by atoms with Gasteiger partial charge in [0.2, 0.25) is 10.0 Å². The Kier molecular flexibility index (Phi) is 6.66. The zero-order valence-electron chi connectivity index (χ0n) is 16.5. The highest BCUT2D eigenvalue weighted by molar-refractivity contribution is 7.89. The zero-order valence-corrected chi connectivity index (χ0v) is 18.1. The highest BCUT2D eigenvalue weighted by atomic mass is 35.5. The van der Waals surface area contributed by atoms with Crippen LogP contribution in [0.3, 0.4) is 0 Å². The predicted molar refractivity (Wildman–Crippen MR) is 115 cm³/mol. The van der Waals surface area contributed by atoms with Crippen LogP contribution in [0.1, 0.15) is 5.56 Å². The molecule has 2 aromatic carbocycles. The molecule has 1 aliphatic heterocycles. The van der Waals surface area contributed by atoms with E-state index in [1.54, 1.807) is 29.2 Å². The quantitative estimate of drug-likeness (QED) is 0.782. The molecule has 0 unspecified atom stereocenters. The highest BCUT2D eigenvalue weighted by Gasteiger charge is 2.24. The zero-order chi connectivity index (χ0) is 21.0. The van der Waals surface area contributed by atoms with Crippen molar-refractivity contribution >= 4 is 33.3 Å². The largest absolute Gasteiger partial charge is 0.367 e. The van der Waals surface area contributed by atoms with Gasteiger partial charge in [0.15, 0.2) is 0 Å². The minimum atomic E-state index is -3.57. The standard InChI is InChI=1S/C20H25ClN4O3S/c1-23(2)29(27,28)19-10-6-3-7-16(19)15-22-20(26)25-13-11-24(12-14-25)18-9-5-4-8-17(18)21/h3-10H,11-15H2,1-2H3,(H,22,26). The van der Waals surface area contributed by atoms with E-state index in [4.69, 9.17) is 11.6 Å². The Bertz CT molecular complexity index is 973. The van der Waals surface area contributed by atoms with Crippen molar-refractivity contribution in [1.82, 2.24) is 14.5 Å². The van der Waals surface area contributed by atoms with Crippen LogP contribution in [0.2, 0.25) is 5.02 Å². The van der Waals surface area contributed by atoms with Crippen LogP contribution in [0.5, 0.6) is 0 Å². The summed E-state index contributed by atoms with van der Waals surface area (Å²) in [6, 6.07) is 14.2. The maximum Gasteiger partial charge on any atom is 0.317 e. The number of nitrogens with one attached hydrogen (secondary N) is 1. The molecule has 2 amide bonds. The van der Waals surface area contributed by atoms with E-state index in [0.717, 1.165) is 5.69 Å². The van der Waals surface area contributed by atoms with Crippen molar-refractivity contribution < 1.29 is 13.2 Å². The van der Waals surface area contributed by atoms with E-state index in [1.807, 2.05) is 24.3 Å². The minimum absolute atomic E-state index is 0.146. The Balaban J connectivity index is 1.60. The Labute approximate surface area is 176 Å². The first-order valence-corrected chi connectivity index (χ1v) is 11.1. The Morgan fingerprint density at radius 1 is 1.03 bits per heavy atom. The van der Waals surface area contributed by atoms with Crippen LogP contribution in [0.4, 0.5) is 10.5 Å². The summed E-state index contributed by atoms with van der Waals surface area (Å²) in [4.78, 5) is 16.7. The van der Waals surface area contributed by atoms with Gasteiger partial charge in [-0.1, -0.05) is 41.9 Å². The van der Waals surface area contributed by atoms with Gasteiger partial charge in [-0.05, 0) is 23.8 Å². The van der Waals surface area contributed by atoms with Gasteiger partial charge in [0.05, 0.1) is 15.6 Å². The summed E-state index contributed by atoms with van der Waals surface area (Å²) in [6.07, 6.45) is 0. The van der Waals surface area contributed by atoms with Gasteiger partial charge in [0.1, 0.15) is 0 Å². The molecule has 0 radical (unpaired) electrons. The lowest BCUT2D eigenvalue weighted by Gasteiger charge is -2.36. The molecule has 7 nitrogen and oxygen atoms in total. The molecule has 29 heavy (non-hydrogen) atoms. The fraction of sp³-hybridized carbons (Fsp3) is 0.350. The Morgan fingerprint density at radius 3 is 2.31 bits per heavy atom. The molecule has 1 aliphatic rings. The van der Waals surface area contributed by atoms with E-state index in [2.05, 4.69) is 10.2 Å². The normalized spacial score (nSPS) is 14.9. The third kappa shape index (κ3) is 4.83. The molecule has 1 N–H and O–H groups in total. The van der Waals surface area contributed by atoms with Crippen molar-refractivity contribution in [3.8, 4) is 0 Å². The molecule has 3 rings (SSSR count). The van der Waals surface area contributed by atoms with Gasteiger partial charge in [-0.2, -0.15) is 0 Å². The number of rotatable bonds is 5. The van der Waals surface area contributed by atoms with Crippen molar-refractivity contribution in [3.05, 3.63) is 59.1 Å². The van der Waals surface area contributed by atoms with Crippen LogP contribution in [0, 0.1) is 0 Å². The smallest absolute Gasteiger partial charge is 0.317 e. The molecular formula is C20H25ClN4O3S. The first-order valence-electron chi connectivity index (χ1n) is 9.33. The number of amides is 2. The van der Waals surface area contributed by atoms with Gasteiger partial charge in [0, 0.05) is 46.8 Å².